The quantitative estimate of drug-likeness (QED) is 0.290. The zero-order valence-corrected chi connectivity index (χ0v) is 19.7. The van der Waals surface area contributed by atoms with Crippen molar-refractivity contribution < 1.29 is 13.2 Å². The fourth-order valence-corrected chi connectivity index (χ4v) is 3.49. The Kier molecular flexibility index (Phi) is 10.8. The van der Waals surface area contributed by atoms with E-state index in [1.165, 1.54) is 11.8 Å². The van der Waals surface area contributed by atoms with E-state index in [4.69, 9.17) is 0 Å². The third-order valence-electron chi connectivity index (χ3n) is 4.42. The Morgan fingerprint density at radius 3 is 2.61 bits per heavy atom. The Labute approximate surface area is 185 Å². The fraction of sp³-hybridized carbons (Fsp3) is 0.579. The van der Waals surface area contributed by atoms with Crippen LogP contribution in [0.25, 0.3) is 0 Å². The van der Waals surface area contributed by atoms with Crippen LogP contribution in [0.4, 0.5) is 0 Å². The average Bonchev–Trinajstić information content (AvgIpc) is 2.97. The standard InChI is InChI=1S/C19H30N4O3S.HI/c1-3-20-19(21-10-12-27(2,25)26)22-14-17-13-18(24)23(15-17)11-9-16-7-5-4-6-8-16;/h4-8,17H,3,9-15H2,1-2H3,(H2,20,21,22);1H. The second-order valence-corrected chi connectivity index (χ2v) is 9.18. The number of likely N-dealkylation sites (tertiary alicyclic amines) is 1. The van der Waals surface area contributed by atoms with Crippen molar-refractivity contribution in [2.75, 3.05) is 44.7 Å². The highest BCUT2D eigenvalue weighted by Gasteiger charge is 2.28. The van der Waals surface area contributed by atoms with Gasteiger partial charge in [0.2, 0.25) is 5.91 Å². The Hall–Kier alpha value is -1.36. The number of halogens is 1. The molecule has 158 valence electrons. The lowest BCUT2D eigenvalue weighted by Crippen LogP contribution is -2.40. The molecule has 1 amide bonds. The number of sulfone groups is 1. The Morgan fingerprint density at radius 1 is 1.25 bits per heavy atom. The highest BCUT2D eigenvalue weighted by atomic mass is 127. The van der Waals surface area contributed by atoms with Crippen LogP contribution in [0.3, 0.4) is 0 Å². The maximum Gasteiger partial charge on any atom is 0.223 e. The van der Waals surface area contributed by atoms with Crippen molar-refractivity contribution >= 4 is 45.7 Å². The molecule has 1 fully saturated rings. The van der Waals surface area contributed by atoms with Gasteiger partial charge in [0.1, 0.15) is 9.84 Å². The van der Waals surface area contributed by atoms with Crippen LogP contribution < -0.4 is 10.6 Å². The Morgan fingerprint density at radius 2 is 1.96 bits per heavy atom. The SMILES string of the molecule is CCNC(=NCC1CC(=O)N(CCc2ccccc2)C1)NCCS(C)(=O)=O.I. The number of rotatable bonds is 9. The molecule has 1 aromatic rings. The van der Waals surface area contributed by atoms with Crippen LogP contribution in [0, 0.1) is 5.92 Å². The smallest absolute Gasteiger partial charge is 0.223 e. The maximum atomic E-state index is 12.2. The number of benzene rings is 1. The highest BCUT2D eigenvalue weighted by Crippen LogP contribution is 2.18. The molecule has 1 unspecified atom stereocenters. The molecule has 0 radical (unpaired) electrons. The van der Waals surface area contributed by atoms with Crippen molar-refractivity contribution in [1.82, 2.24) is 15.5 Å². The van der Waals surface area contributed by atoms with E-state index in [0.29, 0.717) is 32.0 Å². The van der Waals surface area contributed by atoms with E-state index in [-0.39, 0.29) is 41.6 Å². The molecule has 0 spiro atoms. The van der Waals surface area contributed by atoms with Gasteiger partial charge in [0.15, 0.2) is 5.96 Å². The van der Waals surface area contributed by atoms with Gasteiger partial charge in [0.25, 0.3) is 0 Å². The van der Waals surface area contributed by atoms with Gasteiger partial charge in [-0.1, -0.05) is 30.3 Å². The van der Waals surface area contributed by atoms with Gasteiger partial charge in [0, 0.05) is 51.3 Å². The highest BCUT2D eigenvalue weighted by molar-refractivity contribution is 14.0. The van der Waals surface area contributed by atoms with Gasteiger partial charge >= 0.3 is 0 Å². The molecule has 7 nitrogen and oxygen atoms in total. The van der Waals surface area contributed by atoms with E-state index in [9.17, 15) is 13.2 Å². The molecule has 0 saturated carbocycles. The lowest BCUT2D eigenvalue weighted by Gasteiger charge is -2.16. The van der Waals surface area contributed by atoms with Crippen LogP contribution in [0.5, 0.6) is 0 Å². The second-order valence-electron chi connectivity index (χ2n) is 6.92. The van der Waals surface area contributed by atoms with E-state index in [1.54, 1.807) is 0 Å². The lowest BCUT2D eigenvalue weighted by atomic mass is 10.1. The van der Waals surface area contributed by atoms with Gasteiger partial charge in [-0.2, -0.15) is 0 Å². The van der Waals surface area contributed by atoms with E-state index >= 15 is 0 Å². The summed E-state index contributed by atoms with van der Waals surface area (Å²) in [5, 5.41) is 6.14. The van der Waals surface area contributed by atoms with Crippen molar-refractivity contribution in [3.8, 4) is 0 Å². The molecular weight excluding hydrogens is 491 g/mol. The first-order valence-electron chi connectivity index (χ1n) is 9.39. The van der Waals surface area contributed by atoms with Gasteiger partial charge in [-0.05, 0) is 18.9 Å². The van der Waals surface area contributed by atoms with E-state index < -0.39 is 9.84 Å². The third kappa shape index (κ3) is 9.22. The molecule has 2 rings (SSSR count). The molecule has 1 heterocycles. The number of amides is 1. The monoisotopic (exact) mass is 522 g/mol. The molecule has 1 aromatic carbocycles. The van der Waals surface area contributed by atoms with Crippen LogP contribution in [0.15, 0.2) is 35.3 Å². The molecule has 1 atom stereocenters. The van der Waals surface area contributed by atoms with Crippen molar-refractivity contribution in [3.63, 3.8) is 0 Å². The first-order chi connectivity index (χ1) is 12.9. The van der Waals surface area contributed by atoms with Crippen molar-refractivity contribution in [3.05, 3.63) is 35.9 Å². The summed E-state index contributed by atoms with van der Waals surface area (Å²) in [6, 6.07) is 10.2. The van der Waals surface area contributed by atoms with Gasteiger partial charge in [-0.15, -0.1) is 24.0 Å². The van der Waals surface area contributed by atoms with Gasteiger partial charge in [-0.25, -0.2) is 8.42 Å². The summed E-state index contributed by atoms with van der Waals surface area (Å²) < 4.78 is 22.5. The number of carbonyl (C=O) groups is 1. The predicted molar refractivity (Wildman–Crippen MR) is 124 cm³/mol. The lowest BCUT2D eigenvalue weighted by molar-refractivity contribution is -0.127. The molecule has 2 N–H and O–H groups in total. The molecule has 1 aliphatic rings. The average molecular weight is 522 g/mol. The fourth-order valence-electron chi connectivity index (χ4n) is 3.02. The van der Waals surface area contributed by atoms with Crippen LogP contribution in [-0.4, -0.2) is 69.9 Å². The van der Waals surface area contributed by atoms with Crippen molar-refractivity contribution in [1.29, 1.82) is 0 Å². The molecule has 0 aliphatic carbocycles. The zero-order valence-electron chi connectivity index (χ0n) is 16.6. The minimum atomic E-state index is -3.01. The Bertz CT molecular complexity index is 741. The predicted octanol–water partition coefficient (Wildman–Crippen LogP) is 1.30. The molecular formula is C19H31IN4O3S. The van der Waals surface area contributed by atoms with E-state index in [0.717, 1.165) is 19.5 Å². The maximum absolute atomic E-state index is 12.2. The number of guanidine groups is 1. The topological polar surface area (TPSA) is 90.9 Å². The third-order valence-corrected chi connectivity index (χ3v) is 5.37. The normalized spacial score (nSPS) is 17.4. The molecule has 0 bridgehead atoms. The van der Waals surface area contributed by atoms with E-state index in [1.807, 2.05) is 30.0 Å². The molecule has 1 aliphatic heterocycles. The Balaban J connectivity index is 0.00000392. The van der Waals surface area contributed by atoms with Crippen LogP contribution >= 0.6 is 24.0 Å². The minimum absolute atomic E-state index is 0. The summed E-state index contributed by atoms with van der Waals surface area (Å²) in [6.07, 6.45) is 2.59. The first-order valence-corrected chi connectivity index (χ1v) is 11.4. The molecule has 9 heteroatoms. The van der Waals surface area contributed by atoms with Gasteiger partial charge in [0.05, 0.1) is 5.75 Å². The van der Waals surface area contributed by atoms with Crippen LogP contribution in [0.1, 0.15) is 18.9 Å². The first kappa shape index (κ1) is 24.7. The second kappa shape index (κ2) is 12.3. The summed E-state index contributed by atoms with van der Waals surface area (Å²) in [6.45, 7) is 4.96. The summed E-state index contributed by atoms with van der Waals surface area (Å²) >= 11 is 0. The number of hydrogen-bond donors (Lipinski definition) is 2. The molecule has 0 aromatic heterocycles. The van der Waals surface area contributed by atoms with Crippen LogP contribution in [-0.2, 0) is 21.1 Å². The van der Waals surface area contributed by atoms with Crippen molar-refractivity contribution in [2.45, 2.75) is 19.8 Å². The largest absolute Gasteiger partial charge is 0.357 e. The van der Waals surface area contributed by atoms with Crippen molar-refractivity contribution in [2.24, 2.45) is 10.9 Å². The number of aliphatic imine (C=N–C) groups is 1. The summed E-state index contributed by atoms with van der Waals surface area (Å²) in [4.78, 5) is 18.7. The number of nitrogens with one attached hydrogen (secondary N) is 2. The van der Waals surface area contributed by atoms with Gasteiger partial charge in [-0.3, -0.25) is 9.79 Å². The summed E-state index contributed by atoms with van der Waals surface area (Å²) in [5.74, 6) is 1.03. The zero-order chi connectivity index (χ0) is 19.7. The minimum Gasteiger partial charge on any atom is -0.357 e. The summed E-state index contributed by atoms with van der Waals surface area (Å²) in [7, 11) is -3.01. The van der Waals surface area contributed by atoms with E-state index in [2.05, 4.69) is 27.8 Å². The van der Waals surface area contributed by atoms with Crippen LogP contribution in [0.2, 0.25) is 0 Å². The molecule has 1 saturated heterocycles. The number of hydrogen-bond acceptors (Lipinski definition) is 4. The summed E-state index contributed by atoms with van der Waals surface area (Å²) in [5.41, 5.74) is 1.23. The van der Waals surface area contributed by atoms with Gasteiger partial charge < -0.3 is 15.5 Å². The molecule has 28 heavy (non-hydrogen) atoms. The number of carbonyl (C=O) groups excluding carboxylic acids is 1. The number of nitrogens with zero attached hydrogens (tertiary/aromatic N) is 2.